The molecule has 0 aliphatic carbocycles. The lowest BCUT2D eigenvalue weighted by atomic mass is 10.0. The molecule has 22 heavy (non-hydrogen) atoms. The first-order chi connectivity index (χ1) is 10.4. The van der Waals surface area contributed by atoms with E-state index in [-0.39, 0.29) is 6.04 Å². The van der Waals surface area contributed by atoms with Crippen molar-refractivity contribution in [2.24, 2.45) is 0 Å². The Morgan fingerprint density at radius 1 is 1.09 bits per heavy atom. The number of β-amino-alcohol motifs (C(OH)–C–C–N with tert-alkyl or cyclic N) is 1. The first-order valence-electron chi connectivity index (χ1n) is 6.84. The third kappa shape index (κ3) is 2.89. The van der Waals surface area contributed by atoms with Gasteiger partial charge in [0.2, 0.25) is 5.95 Å². The average Bonchev–Trinajstić information content (AvgIpc) is 2.89. The summed E-state index contributed by atoms with van der Waals surface area (Å²) >= 11 is 0. The van der Waals surface area contributed by atoms with Crippen LogP contribution < -0.4 is 4.90 Å². The highest BCUT2D eigenvalue weighted by Gasteiger charge is 2.35. The molecule has 0 radical (unpaired) electrons. The number of nitrogens with zero attached hydrogens (tertiary/aromatic N) is 3. The molecule has 4 nitrogen and oxygen atoms in total. The number of anilines is 1. The zero-order valence-corrected chi connectivity index (χ0v) is 11.5. The molecule has 1 saturated heterocycles. The molecular weight excluding hydrogens is 295 g/mol. The number of benzene rings is 1. The lowest BCUT2D eigenvalue weighted by Gasteiger charge is -2.24. The zero-order chi connectivity index (χ0) is 15.7. The predicted octanol–water partition coefficient (Wildman–Crippen LogP) is 2.81. The van der Waals surface area contributed by atoms with Crippen molar-refractivity contribution in [2.45, 2.75) is 24.7 Å². The molecular formula is C15H14F3N3O. The molecule has 0 saturated carbocycles. The van der Waals surface area contributed by atoms with Crippen molar-refractivity contribution in [2.75, 3.05) is 11.4 Å². The molecule has 3 rings (SSSR count). The van der Waals surface area contributed by atoms with Crippen LogP contribution in [0.5, 0.6) is 0 Å². The van der Waals surface area contributed by atoms with Crippen molar-refractivity contribution < 1.29 is 18.3 Å². The Balaban J connectivity index is 1.89. The minimum Gasteiger partial charge on any atom is -0.391 e. The van der Waals surface area contributed by atoms with E-state index < -0.39 is 17.8 Å². The van der Waals surface area contributed by atoms with Crippen LogP contribution >= 0.6 is 0 Å². The van der Waals surface area contributed by atoms with Crippen LogP contribution in [0.2, 0.25) is 0 Å². The first kappa shape index (κ1) is 14.8. The van der Waals surface area contributed by atoms with Crippen LogP contribution in [0.1, 0.15) is 23.6 Å². The van der Waals surface area contributed by atoms with Crippen LogP contribution in [-0.4, -0.2) is 27.7 Å². The van der Waals surface area contributed by atoms with Gasteiger partial charge in [-0.1, -0.05) is 12.1 Å². The summed E-state index contributed by atoms with van der Waals surface area (Å²) in [7, 11) is 0. The summed E-state index contributed by atoms with van der Waals surface area (Å²) in [5.41, 5.74) is 0.0225. The predicted molar refractivity (Wildman–Crippen MR) is 74.2 cm³/mol. The zero-order valence-electron chi connectivity index (χ0n) is 11.5. The summed E-state index contributed by atoms with van der Waals surface area (Å²) in [6.45, 7) is 0.357. The first-order valence-corrected chi connectivity index (χ1v) is 6.84. The Bertz CT molecular complexity index is 631. The Morgan fingerprint density at radius 2 is 1.73 bits per heavy atom. The Labute approximate surface area is 125 Å². The van der Waals surface area contributed by atoms with E-state index in [1.165, 1.54) is 12.1 Å². The molecule has 1 aromatic carbocycles. The molecule has 1 aromatic heterocycles. The Hall–Kier alpha value is -2.15. The monoisotopic (exact) mass is 309 g/mol. The fourth-order valence-electron chi connectivity index (χ4n) is 2.68. The van der Waals surface area contributed by atoms with Crippen LogP contribution in [0.3, 0.4) is 0 Å². The number of alkyl halides is 3. The summed E-state index contributed by atoms with van der Waals surface area (Å²) in [6, 6.07) is 6.46. The van der Waals surface area contributed by atoms with Gasteiger partial charge in [0.15, 0.2) is 0 Å². The van der Waals surface area contributed by atoms with Gasteiger partial charge in [-0.05, 0) is 30.2 Å². The lowest BCUT2D eigenvalue weighted by Crippen LogP contribution is -2.26. The molecule has 1 aliphatic rings. The van der Waals surface area contributed by atoms with Gasteiger partial charge in [0.25, 0.3) is 0 Å². The second-order valence-electron chi connectivity index (χ2n) is 5.23. The van der Waals surface area contributed by atoms with Crippen molar-refractivity contribution in [1.29, 1.82) is 0 Å². The van der Waals surface area contributed by atoms with E-state index in [1.54, 1.807) is 18.5 Å². The number of hydrogen-bond donors (Lipinski definition) is 1. The standard InChI is InChI=1S/C15H14F3N3O/c16-15(17,18)11-4-2-10(3-5-11)13-8-12(22)9-21(13)14-19-6-1-7-20-14/h1-7,12-13,22H,8-9H2/t12-,13-/m1/s1. The second kappa shape index (κ2) is 5.57. The molecule has 1 N–H and O–H groups in total. The minimum absolute atomic E-state index is 0.236. The third-order valence-corrected chi connectivity index (χ3v) is 3.71. The number of aromatic nitrogens is 2. The molecule has 7 heteroatoms. The van der Waals surface area contributed by atoms with E-state index in [0.717, 1.165) is 12.1 Å². The number of rotatable bonds is 2. The molecule has 0 amide bonds. The molecule has 2 heterocycles. The molecule has 1 aliphatic heterocycles. The SMILES string of the molecule is O[C@@H]1C[C@H](c2ccc(C(F)(F)F)cc2)N(c2ncccn2)C1. The van der Waals surface area contributed by atoms with E-state index in [9.17, 15) is 18.3 Å². The maximum atomic E-state index is 12.6. The topological polar surface area (TPSA) is 49.2 Å². The second-order valence-corrected chi connectivity index (χ2v) is 5.23. The maximum Gasteiger partial charge on any atom is 0.416 e. The van der Waals surface area contributed by atoms with Gasteiger partial charge in [-0.15, -0.1) is 0 Å². The highest BCUT2D eigenvalue weighted by atomic mass is 19.4. The van der Waals surface area contributed by atoms with Crippen LogP contribution in [0.15, 0.2) is 42.7 Å². The number of aliphatic hydroxyl groups is 1. The van der Waals surface area contributed by atoms with Gasteiger partial charge in [-0.3, -0.25) is 0 Å². The highest BCUT2D eigenvalue weighted by Crippen LogP contribution is 2.36. The molecule has 2 aromatic rings. The van der Waals surface area contributed by atoms with Crippen LogP contribution in [0.25, 0.3) is 0 Å². The Kier molecular flexibility index (Phi) is 3.74. The normalized spacial score (nSPS) is 22.1. The summed E-state index contributed by atoms with van der Waals surface area (Å²) in [5.74, 6) is 0.462. The van der Waals surface area contributed by atoms with E-state index in [4.69, 9.17) is 0 Å². The van der Waals surface area contributed by atoms with Gasteiger partial charge in [-0.25, -0.2) is 9.97 Å². The van der Waals surface area contributed by atoms with Gasteiger partial charge in [0.05, 0.1) is 17.7 Å². The lowest BCUT2D eigenvalue weighted by molar-refractivity contribution is -0.137. The number of aliphatic hydroxyl groups excluding tert-OH is 1. The summed E-state index contributed by atoms with van der Waals surface area (Å²) < 4.78 is 37.9. The van der Waals surface area contributed by atoms with Crippen LogP contribution in [-0.2, 0) is 6.18 Å². The smallest absolute Gasteiger partial charge is 0.391 e. The summed E-state index contributed by atoms with van der Waals surface area (Å²) in [5, 5.41) is 9.90. The highest BCUT2D eigenvalue weighted by molar-refractivity contribution is 5.39. The molecule has 1 fully saturated rings. The van der Waals surface area contributed by atoms with E-state index >= 15 is 0 Å². The van der Waals surface area contributed by atoms with Gasteiger partial charge >= 0.3 is 6.18 Å². The van der Waals surface area contributed by atoms with E-state index in [1.807, 2.05) is 4.90 Å². The number of halogens is 3. The van der Waals surface area contributed by atoms with Crippen molar-refractivity contribution in [3.63, 3.8) is 0 Å². The van der Waals surface area contributed by atoms with Gasteiger partial charge in [0.1, 0.15) is 0 Å². The molecule has 0 unspecified atom stereocenters. The van der Waals surface area contributed by atoms with E-state index in [2.05, 4.69) is 9.97 Å². The Morgan fingerprint density at radius 3 is 2.32 bits per heavy atom. The van der Waals surface area contributed by atoms with Gasteiger partial charge in [0, 0.05) is 18.9 Å². The van der Waals surface area contributed by atoms with Crippen molar-refractivity contribution >= 4 is 5.95 Å². The average molecular weight is 309 g/mol. The molecule has 0 spiro atoms. The van der Waals surface area contributed by atoms with E-state index in [0.29, 0.717) is 24.5 Å². The van der Waals surface area contributed by atoms with Crippen LogP contribution in [0, 0.1) is 0 Å². The fourth-order valence-corrected chi connectivity index (χ4v) is 2.68. The fraction of sp³-hybridized carbons (Fsp3) is 0.333. The van der Waals surface area contributed by atoms with Gasteiger partial charge < -0.3 is 10.0 Å². The molecule has 116 valence electrons. The minimum atomic E-state index is -4.35. The largest absolute Gasteiger partial charge is 0.416 e. The van der Waals surface area contributed by atoms with Crippen molar-refractivity contribution in [3.05, 3.63) is 53.9 Å². The summed E-state index contributed by atoms with van der Waals surface area (Å²) in [6.07, 6.45) is -1.29. The molecule has 0 bridgehead atoms. The quantitative estimate of drug-likeness (QED) is 0.927. The van der Waals surface area contributed by atoms with Crippen molar-refractivity contribution in [1.82, 2.24) is 9.97 Å². The summed E-state index contributed by atoms with van der Waals surface area (Å²) in [4.78, 5) is 10.1. The van der Waals surface area contributed by atoms with Crippen molar-refractivity contribution in [3.8, 4) is 0 Å². The van der Waals surface area contributed by atoms with Gasteiger partial charge in [-0.2, -0.15) is 13.2 Å². The maximum absolute atomic E-state index is 12.6. The van der Waals surface area contributed by atoms with Crippen LogP contribution in [0.4, 0.5) is 19.1 Å². The third-order valence-electron chi connectivity index (χ3n) is 3.71. The molecule has 2 atom stereocenters. The number of hydrogen-bond acceptors (Lipinski definition) is 4.